The number of nitrogens with one attached hydrogen (secondary N) is 2. The Morgan fingerprint density at radius 3 is 2.43 bits per heavy atom. The van der Waals surface area contributed by atoms with Gasteiger partial charge in [0.1, 0.15) is 5.60 Å². The Kier molecular flexibility index (Phi) is 8.38. The number of rotatable bonds is 5. The quantitative estimate of drug-likeness (QED) is 0.524. The zero-order valence-corrected chi connectivity index (χ0v) is 19.7. The molecular weight excluding hydrogens is 382 g/mol. The number of guanidine groups is 1. The van der Waals surface area contributed by atoms with E-state index in [2.05, 4.69) is 10.6 Å². The molecule has 8 nitrogen and oxygen atoms in total. The van der Waals surface area contributed by atoms with E-state index in [-0.39, 0.29) is 23.5 Å². The summed E-state index contributed by atoms with van der Waals surface area (Å²) in [5.41, 5.74) is -0.886. The van der Waals surface area contributed by atoms with Crippen LogP contribution in [-0.2, 0) is 9.53 Å². The highest BCUT2D eigenvalue weighted by Gasteiger charge is 2.42. The van der Waals surface area contributed by atoms with Gasteiger partial charge >= 0.3 is 6.09 Å². The van der Waals surface area contributed by atoms with E-state index in [9.17, 15) is 9.59 Å². The lowest BCUT2D eigenvalue weighted by Gasteiger charge is -2.35. The third kappa shape index (κ3) is 6.77. The molecule has 0 radical (unpaired) electrons. The molecule has 0 aromatic carbocycles. The second-order valence-electron chi connectivity index (χ2n) is 9.79. The number of carbonyl (C=O) groups is 2. The highest BCUT2D eigenvalue weighted by Crippen LogP contribution is 2.39. The normalized spacial score (nSPS) is 21.9. The summed E-state index contributed by atoms with van der Waals surface area (Å²) in [4.78, 5) is 33.5. The molecule has 1 aliphatic heterocycles. The van der Waals surface area contributed by atoms with Gasteiger partial charge in [0.15, 0.2) is 5.96 Å². The smallest absolute Gasteiger partial charge is 0.410 e. The standard InChI is InChI=1S/C22H41N5O3/c1-7-23-19(24-16-22(12-8-9-13-22)18(28)26(5)6)25-17-11-10-14-27(15-17)20(29)30-21(2,3)4/h17H,7-16H2,1-6H3,(H2,23,24,25). The Morgan fingerprint density at radius 1 is 1.20 bits per heavy atom. The number of aliphatic imine (C=N–C) groups is 1. The van der Waals surface area contributed by atoms with Crippen molar-refractivity contribution in [3.63, 3.8) is 0 Å². The highest BCUT2D eigenvalue weighted by molar-refractivity contribution is 5.84. The van der Waals surface area contributed by atoms with Crippen LogP contribution in [0.25, 0.3) is 0 Å². The SMILES string of the molecule is CCNC(=NCC1(C(=O)N(C)C)CCCC1)NC1CCCN(C(=O)OC(C)(C)C)C1. The summed E-state index contributed by atoms with van der Waals surface area (Å²) in [6, 6.07) is 0.105. The molecule has 0 bridgehead atoms. The molecule has 0 aromatic heterocycles. The summed E-state index contributed by atoms with van der Waals surface area (Å²) < 4.78 is 5.53. The number of ether oxygens (including phenoxy) is 1. The minimum Gasteiger partial charge on any atom is -0.444 e. The molecule has 1 saturated heterocycles. The predicted octanol–water partition coefficient (Wildman–Crippen LogP) is 2.59. The van der Waals surface area contributed by atoms with Crippen molar-refractivity contribution < 1.29 is 14.3 Å². The van der Waals surface area contributed by atoms with Crippen molar-refractivity contribution in [2.24, 2.45) is 10.4 Å². The molecule has 1 aliphatic carbocycles. The molecule has 8 heteroatoms. The van der Waals surface area contributed by atoms with Crippen LogP contribution in [0.2, 0.25) is 0 Å². The molecule has 2 aliphatic rings. The number of piperidine rings is 1. The van der Waals surface area contributed by atoms with Gasteiger partial charge in [-0.2, -0.15) is 0 Å². The summed E-state index contributed by atoms with van der Waals surface area (Å²) in [5.74, 6) is 0.889. The summed E-state index contributed by atoms with van der Waals surface area (Å²) >= 11 is 0. The molecular formula is C22H41N5O3. The van der Waals surface area contributed by atoms with Gasteiger partial charge in [0.2, 0.25) is 5.91 Å². The Balaban J connectivity index is 2.03. The summed E-state index contributed by atoms with van der Waals surface area (Å²) in [7, 11) is 3.64. The van der Waals surface area contributed by atoms with Crippen molar-refractivity contribution in [3.8, 4) is 0 Å². The zero-order chi connectivity index (χ0) is 22.4. The van der Waals surface area contributed by atoms with E-state index in [0.717, 1.165) is 45.1 Å². The first kappa shape index (κ1) is 24.3. The van der Waals surface area contributed by atoms with Crippen molar-refractivity contribution in [2.45, 2.75) is 77.9 Å². The first-order valence-corrected chi connectivity index (χ1v) is 11.3. The number of carbonyl (C=O) groups excluding carboxylic acids is 2. The first-order chi connectivity index (χ1) is 14.1. The monoisotopic (exact) mass is 423 g/mol. The fraction of sp³-hybridized carbons (Fsp3) is 0.864. The van der Waals surface area contributed by atoms with Crippen LogP contribution in [0.15, 0.2) is 4.99 Å². The van der Waals surface area contributed by atoms with Crippen molar-refractivity contribution in [1.29, 1.82) is 0 Å². The van der Waals surface area contributed by atoms with Crippen LogP contribution in [0.5, 0.6) is 0 Å². The van der Waals surface area contributed by atoms with E-state index in [1.807, 2.05) is 41.8 Å². The molecule has 2 N–H and O–H groups in total. The third-order valence-electron chi connectivity index (χ3n) is 5.72. The van der Waals surface area contributed by atoms with Crippen LogP contribution < -0.4 is 10.6 Å². The molecule has 1 heterocycles. The van der Waals surface area contributed by atoms with Gasteiger partial charge in [0, 0.05) is 39.8 Å². The van der Waals surface area contributed by atoms with Gasteiger partial charge in [0.25, 0.3) is 0 Å². The van der Waals surface area contributed by atoms with Gasteiger partial charge in [0.05, 0.1) is 12.0 Å². The molecule has 1 saturated carbocycles. The van der Waals surface area contributed by atoms with E-state index in [1.165, 1.54) is 0 Å². The number of likely N-dealkylation sites (tertiary alicyclic amines) is 1. The van der Waals surface area contributed by atoms with Gasteiger partial charge in [-0.15, -0.1) is 0 Å². The molecule has 30 heavy (non-hydrogen) atoms. The molecule has 2 rings (SSSR count). The lowest BCUT2D eigenvalue weighted by molar-refractivity contribution is -0.138. The van der Waals surface area contributed by atoms with Gasteiger partial charge in [-0.3, -0.25) is 9.79 Å². The largest absolute Gasteiger partial charge is 0.444 e. The Bertz CT molecular complexity index is 621. The van der Waals surface area contributed by atoms with E-state index in [0.29, 0.717) is 25.6 Å². The number of amides is 2. The van der Waals surface area contributed by atoms with Crippen molar-refractivity contribution in [2.75, 3.05) is 40.3 Å². The molecule has 172 valence electrons. The van der Waals surface area contributed by atoms with Gasteiger partial charge in [-0.05, 0) is 53.4 Å². The van der Waals surface area contributed by atoms with Crippen LogP contribution in [0.3, 0.4) is 0 Å². The van der Waals surface area contributed by atoms with Gasteiger partial charge < -0.3 is 25.2 Å². The maximum atomic E-state index is 12.8. The van der Waals surface area contributed by atoms with Crippen LogP contribution in [-0.4, -0.2) is 79.7 Å². The van der Waals surface area contributed by atoms with E-state index < -0.39 is 5.60 Å². The molecule has 0 aromatic rings. The predicted molar refractivity (Wildman–Crippen MR) is 120 cm³/mol. The van der Waals surface area contributed by atoms with Crippen molar-refractivity contribution in [3.05, 3.63) is 0 Å². The molecule has 1 unspecified atom stereocenters. The van der Waals surface area contributed by atoms with Crippen molar-refractivity contribution >= 4 is 18.0 Å². The van der Waals surface area contributed by atoms with Crippen LogP contribution in [0.1, 0.15) is 66.2 Å². The Hall–Kier alpha value is -1.99. The van der Waals surface area contributed by atoms with E-state index in [4.69, 9.17) is 9.73 Å². The van der Waals surface area contributed by atoms with Crippen molar-refractivity contribution in [1.82, 2.24) is 20.4 Å². The molecule has 1 atom stereocenters. The van der Waals surface area contributed by atoms with Crippen LogP contribution in [0, 0.1) is 5.41 Å². The minimum atomic E-state index is -0.498. The van der Waals surface area contributed by atoms with Gasteiger partial charge in [-0.25, -0.2) is 4.79 Å². The maximum absolute atomic E-state index is 12.8. The second-order valence-corrected chi connectivity index (χ2v) is 9.79. The average Bonchev–Trinajstić information content (AvgIpc) is 3.14. The summed E-state index contributed by atoms with van der Waals surface area (Å²) in [6.45, 7) is 10.2. The maximum Gasteiger partial charge on any atom is 0.410 e. The number of hydrogen-bond acceptors (Lipinski definition) is 4. The first-order valence-electron chi connectivity index (χ1n) is 11.3. The average molecular weight is 424 g/mol. The van der Waals surface area contributed by atoms with E-state index in [1.54, 1.807) is 9.80 Å². The summed E-state index contributed by atoms with van der Waals surface area (Å²) in [6.07, 6.45) is 5.55. The zero-order valence-electron chi connectivity index (χ0n) is 19.7. The number of hydrogen-bond donors (Lipinski definition) is 2. The van der Waals surface area contributed by atoms with E-state index >= 15 is 0 Å². The second kappa shape index (κ2) is 10.4. The van der Waals surface area contributed by atoms with Gasteiger partial charge in [-0.1, -0.05) is 12.8 Å². The lowest BCUT2D eigenvalue weighted by atomic mass is 9.85. The fourth-order valence-corrected chi connectivity index (χ4v) is 4.30. The molecule has 2 fully saturated rings. The number of nitrogens with zero attached hydrogens (tertiary/aromatic N) is 3. The van der Waals surface area contributed by atoms with Crippen LogP contribution in [0.4, 0.5) is 4.79 Å². The molecule has 0 spiro atoms. The Morgan fingerprint density at radius 2 is 1.87 bits per heavy atom. The minimum absolute atomic E-state index is 0.105. The van der Waals surface area contributed by atoms with Crippen LogP contribution >= 0.6 is 0 Å². The molecule has 2 amide bonds. The topological polar surface area (TPSA) is 86.3 Å². The highest BCUT2D eigenvalue weighted by atomic mass is 16.6. The Labute approximate surface area is 181 Å². The summed E-state index contributed by atoms with van der Waals surface area (Å²) in [5, 5.41) is 6.78. The fourth-order valence-electron chi connectivity index (χ4n) is 4.30. The third-order valence-corrected chi connectivity index (χ3v) is 5.72. The lowest BCUT2D eigenvalue weighted by Crippen LogP contribution is -2.53.